The third-order valence-electron chi connectivity index (χ3n) is 3.53. The highest BCUT2D eigenvalue weighted by Gasteiger charge is 2.32. The lowest BCUT2D eigenvalue weighted by Crippen LogP contribution is -2.41. The van der Waals surface area contributed by atoms with Crippen LogP contribution in [0.3, 0.4) is 0 Å². The number of aromatic nitrogens is 3. The summed E-state index contributed by atoms with van der Waals surface area (Å²) in [5.41, 5.74) is 3.18. The molecular formula is C13H17ClN4. The minimum absolute atomic E-state index is 0.0738. The molecular weight excluding hydrogens is 248 g/mol. The van der Waals surface area contributed by atoms with Crippen molar-refractivity contribution >= 4 is 23.1 Å². The maximum atomic E-state index is 6.14. The Hall–Kier alpha value is -1.29. The molecule has 96 valence electrons. The van der Waals surface area contributed by atoms with Crippen molar-refractivity contribution in [2.45, 2.75) is 39.7 Å². The fraction of sp³-hybridized carbons (Fsp3) is 0.538. The van der Waals surface area contributed by atoms with Crippen molar-refractivity contribution < 1.29 is 0 Å². The molecule has 5 heteroatoms. The Morgan fingerprint density at radius 3 is 2.72 bits per heavy atom. The van der Waals surface area contributed by atoms with Crippen LogP contribution >= 0.6 is 11.6 Å². The molecule has 0 amide bonds. The van der Waals surface area contributed by atoms with E-state index >= 15 is 0 Å². The third-order valence-corrected chi connectivity index (χ3v) is 3.80. The summed E-state index contributed by atoms with van der Waals surface area (Å²) < 4.78 is 1.88. The average molecular weight is 265 g/mol. The van der Waals surface area contributed by atoms with Gasteiger partial charge in [-0.15, -0.1) is 0 Å². The Morgan fingerprint density at radius 1 is 1.33 bits per heavy atom. The topological polar surface area (TPSA) is 33.4 Å². The predicted molar refractivity (Wildman–Crippen MR) is 73.5 cm³/mol. The van der Waals surface area contributed by atoms with Gasteiger partial charge in [-0.25, -0.2) is 4.98 Å². The second kappa shape index (κ2) is 3.60. The van der Waals surface area contributed by atoms with Crippen LogP contribution in [-0.4, -0.2) is 26.7 Å². The molecule has 3 heterocycles. The van der Waals surface area contributed by atoms with E-state index in [4.69, 9.17) is 11.6 Å². The van der Waals surface area contributed by atoms with Gasteiger partial charge in [-0.05, 0) is 34.1 Å². The SMILES string of the molecule is Cc1nc2c(Cl)cnn2c2c1CCN2C(C)(C)C. The number of rotatable bonds is 0. The van der Waals surface area contributed by atoms with Gasteiger partial charge in [0.2, 0.25) is 0 Å². The van der Waals surface area contributed by atoms with Crippen molar-refractivity contribution in [2.24, 2.45) is 0 Å². The minimum Gasteiger partial charge on any atom is -0.351 e. The fourth-order valence-electron chi connectivity index (χ4n) is 2.65. The Bertz CT molecular complexity index is 624. The summed E-state index contributed by atoms with van der Waals surface area (Å²) in [7, 11) is 0. The molecule has 1 aliphatic heterocycles. The van der Waals surface area contributed by atoms with Crippen LogP contribution in [0, 0.1) is 6.92 Å². The molecule has 0 aromatic carbocycles. The summed E-state index contributed by atoms with van der Waals surface area (Å²) in [6, 6.07) is 0. The standard InChI is InChI=1S/C13H17ClN4/c1-8-9-5-6-17(13(2,3)4)12(9)18-11(16-8)10(14)7-15-18/h7H,5-6H2,1-4H3. The third kappa shape index (κ3) is 1.52. The van der Waals surface area contributed by atoms with Crippen LogP contribution in [0.25, 0.3) is 5.65 Å². The van der Waals surface area contributed by atoms with E-state index in [0.717, 1.165) is 30.1 Å². The zero-order valence-corrected chi connectivity index (χ0v) is 11.9. The number of fused-ring (bicyclic) bond motifs is 3. The van der Waals surface area contributed by atoms with Gasteiger partial charge in [0, 0.05) is 23.3 Å². The number of nitrogens with zero attached hydrogens (tertiary/aromatic N) is 4. The molecule has 0 bridgehead atoms. The van der Waals surface area contributed by atoms with Gasteiger partial charge in [0.15, 0.2) is 5.65 Å². The molecule has 0 N–H and O–H groups in total. The zero-order chi connectivity index (χ0) is 13.1. The number of hydrogen-bond acceptors (Lipinski definition) is 3. The smallest absolute Gasteiger partial charge is 0.176 e. The lowest BCUT2D eigenvalue weighted by molar-refractivity contribution is 0.510. The van der Waals surface area contributed by atoms with Crippen LogP contribution in [0.1, 0.15) is 32.0 Å². The molecule has 0 atom stereocenters. The molecule has 3 rings (SSSR count). The summed E-state index contributed by atoms with van der Waals surface area (Å²) in [6.07, 6.45) is 2.70. The Balaban J connectivity index is 2.34. The van der Waals surface area contributed by atoms with E-state index in [0.29, 0.717) is 5.02 Å². The van der Waals surface area contributed by atoms with Crippen molar-refractivity contribution in [3.63, 3.8) is 0 Å². The number of halogens is 1. The van der Waals surface area contributed by atoms with Crippen LogP contribution in [0.4, 0.5) is 5.82 Å². The normalized spacial score (nSPS) is 15.5. The molecule has 0 aliphatic carbocycles. The molecule has 4 nitrogen and oxygen atoms in total. The highest BCUT2D eigenvalue weighted by atomic mass is 35.5. The average Bonchev–Trinajstić information content (AvgIpc) is 2.83. The zero-order valence-electron chi connectivity index (χ0n) is 11.2. The van der Waals surface area contributed by atoms with Gasteiger partial charge < -0.3 is 4.90 Å². The first-order chi connectivity index (χ1) is 8.39. The number of aryl methyl sites for hydroxylation is 1. The Labute approximate surface area is 112 Å². The lowest BCUT2D eigenvalue weighted by atomic mass is 10.1. The van der Waals surface area contributed by atoms with E-state index in [1.165, 1.54) is 5.56 Å². The van der Waals surface area contributed by atoms with Gasteiger partial charge in [-0.3, -0.25) is 0 Å². The first-order valence-corrected chi connectivity index (χ1v) is 6.58. The van der Waals surface area contributed by atoms with Gasteiger partial charge in [-0.1, -0.05) is 11.6 Å². The van der Waals surface area contributed by atoms with E-state index in [9.17, 15) is 0 Å². The van der Waals surface area contributed by atoms with E-state index < -0.39 is 0 Å². The Morgan fingerprint density at radius 2 is 2.06 bits per heavy atom. The second-order valence-electron chi connectivity index (χ2n) is 5.80. The fourth-order valence-corrected chi connectivity index (χ4v) is 2.81. The minimum atomic E-state index is 0.0738. The molecule has 0 spiro atoms. The summed E-state index contributed by atoms with van der Waals surface area (Å²) in [5, 5.41) is 4.99. The summed E-state index contributed by atoms with van der Waals surface area (Å²) in [4.78, 5) is 6.95. The van der Waals surface area contributed by atoms with Crippen molar-refractivity contribution in [2.75, 3.05) is 11.4 Å². The van der Waals surface area contributed by atoms with Crippen LogP contribution in [-0.2, 0) is 6.42 Å². The summed E-state index contributed by atoms with van der Waals surface area (Å²) in [6.45, 7) is 9.71. The monoisotopic (exact) mass is 264 g/mol. The molecule has 18 heavy (non-hydrogen) atoms. The van der Waals surface area contributed by atoms with Gasteiger partial charge in [-0.2, -0.15) is 9.61 Å². The molecule has 0 radical (unpaired) electrons. The van der Waals surface area contributed by atoms with Gasteiger partial charge in [0.25, 0.3) is 0 Å². The predicted octanol–water partition coefficient (Wildman–Crippen LogP) is 2.85. The van der Waals surface area contributed by atoms with Gasteiger partial charge in [0.05, 0.1) is 6.20 Å². The van der Waals surface area contributed by atoms with E-state index in [1.807, 2.05) is 11.4 Å². The van der Waals surface area contributed by atoms with Crippen LogP contribution in [0.15, 0.2) is 6.20 Å². The number of anilines is 1. The maximum Gasteiger partial charge on any atom is 0.176 e. The highest BCUT2D eigenvalue weighted by Crippen LogP contribution is 2.36. The van der Waals surface area contributed by atoms with Crippen molar-refractivity contribution in [1.29, 1.82) is 0 Å². The first kappa shape index (κ1) is 11.8. The molecule has 2 aromatic heterocycles. The van der Waals surface area contributed by atoms with E-state index in [2.05, 4.69) is 35.8 Å². The molecule has 0 saturated carbocycles. The molecule has 0 fully saturated rings. The largest absolute Gasteiger partial charge is 0.351 e. The van der Waals surface area contributed by atoms with Crippen LogP contribution in [0.2, 0.25) is 5.02 Å². The first-order valence-electron chi connectivity index (χ1n) is 6.20. The summed E-state index contributed by atoms with van der Waals surface area (Å²) >= 11 is 6.14. The number of hydrogen-bond donors (Lipinski definition) is 0. The maximum absolute atomic E-state index is 6.14. The summed E-state index contributed by atoms with van der Waals surface area (Å²) in [5.74, 6) is 1.15. The Kier molecular flexibility index (Phi) is 2.36. The lowest BCUT2D eigenvalue weighted by Gasteiger charge is -2.34. The molecule has 1 aliphatic rings. The van der Waals surface area contributed by atoms with Crippen LogP contribution < -0.4 is 4.90 Å². The molecule has 0 saturated heterocycles. The van der Waals surface area contributed by atoms with Crippen molar-refractivity contribution in [3.8, 4) is 0 Å². The van der Waals surface area contributed by atoms with E-state index in [1.54, 1.807) is 6.20 Å². The van der Waals surface area contributed by atoms with Crippen LogP contribution in [0.5, 0.6) is 0 Å². The van der Waals surface area contributed by atoms with Gasteiger partial charge >= 0.3 is 0 Å². The highest BCUT2D eigenvalue weighted by molar-refractivity contribution is 6.33. The van der Waals surface area contributed by atoms with Gasteiger partial charge in [0.1, 0.15) is 10.8 Å². The van der Waals surface area contributed by atoms with E-state index in [-0.39, 0.29) is 5.54 Å². The molecule has 2 aromatic rings. The van der Waals surface area contributed by atoms with Crippen molar-refractivity contribution in [3.05, 3.63) is 22.5 Å². The quantitative estimate of drug-likeness (QED) is 0.734. The second-order valence-corrected chi connectivity index (χ2v) is 6.21. The van der Waals surface area contributed by atoms with Crippen molar-refractivity contribution in [1.82, 2.24) is 14.6 Å². The molecule has 0 unspecified atom stereocenters.